The highest BCUT2D eigenvalue weighted by Crippen LogP contribution is 2.40. The number of benzene rings is 2. The lowest BCUT2D eigenvalue weighted by molar-refractivity contribution is -0.136. The van der Waals surface area contributed by atoms with Crippen molar-refractivity contribution in [3.05, 3.63) is 65.2 Å². The highest BCUT2D eigenvalue weighted by atomic mass is 19.4. The number of anilines is 1. The van der Waals surface area contributed by atoms with Crippen LogP contribution in [0.25, 0.3) is 0 Å². The van der Waals surface area contributed by atoms with Crippen LogP contribution in [0, 0.1) is 0 Å². The summed E-state index contributed by atoms with van der Waals surface area (Å²) in [6, 6.07) is 13.7. The molecule has 0 radical (unpaired) electrons. The molecule has 3 rings (SSSR count). The third-order valence-electron chi connectivity index (χ3n) is 3.74. The second kappa shape index (κ2) is 5.43. The van der Waals surface area contributed by atoms with Crippen LogP contribution in [0.4, 0.5) is 18.9 Å². The van der Waals surface area contributed by atoms with E-state index in [0.717, 1.165) is 11.6 Å². The van der Waals surface area contributed by atoms with Crippen LogP contribution >= 0.6 is 0 Å². The molecule has 0 heterocycles. The summed E-state index contributed by atoms with van der Waals surface area (Å²) in [5, 5.41) is 2.88. The Morgan fingerprint density at radius 2 is 1.62 bits per heavy atom. The van der Waals surface area contributed by atoms with Gasteiger partial charge in [-0.25, -0.2) is 0 Å². The topological polar surface area (TPSA) is 12.0 Å². The Hall–Kier alpha value is -1.97. The van der Waals surface area contributed by atoms with Gasteiger partial charge in [-0.15, -0.1) is 0 Å². The van der Waals surface area contributed by atoms with Crippen LogP contribution in [0.3, 0.4) is 0 Å². The Labute approximate surface area is 121 Å². The zero-order valence-corrected chi connectivity index (χ0v) is 11.5. The predicted molar refractivity (Wildman–Crippen MR) is 77.2 cm³/mol. The summed E-state index contributed by atoms with van der Waals surface area (Å²) in [7, 11) is 0. The van der Waals surface area contributed by atoms with Crippen LogP contribution in [-0.4, -0.2) is 0 Å². The monoisotopic (exact) mass is 291 g/mol. The highest BCUT2D eigenvalue weighted by molar-refractivity contribution is 5.52. The number of rotatable bonds is 4. The Morgan fingerprint density at radius 3 is 2.24 bits per heavy atom. The number of alkyl halides is 3. The second-order valence-electron chi connectivity index (χ2n) is 5.41. The molecule has 1 nitrogen and oxygen atoms in total. The maximum Gasteiger partial charge on any atom is 0.418 e. The van der Waals surface area contributed by atoms with Crippen LogP contribution < -0.4 is 5.32 Å². The molecule has 0 amide bonds. The van der Waals surface area contributed by atoms with Gasteiger partial charge in [0.15, 0.2) is 0 Å². The van der Waals surface area contributed by atoms with Crippen molar-refractivity contribution in [1.82, 2.24) is 0 Å². The summed E-state index contributed by atoms with van der Waals surface area (Å²) in [4.78, 5) is 0. The normalized spacial score (nSPS) is 15.0. The largest absolute Gasteiger partial charge is 0.418 e. The van der Waals surface area contributed by atoms with E-state index in [-0.39, 0.29) is 5.69 Å². The van der Waals surface area contributed by atoms with Crippen LogP contribution in [0.15, 0.2) is 48.5 Å². The number of hydrogen-bond donors (Lipinski definition) is 1. The highest BCUT2D eigenvalue weighted by Gasteiger charge is 2.33. The van der Waals surface area contributed by atoms with Gasteiger partial charge in [-0.3, -0.25) is 0 Å². The van der Waals surface area contributed by atoms with E-state index in [4.69, 9.17) is 0 Å². The van der Waals surface area contributed by atoms with Crippen LogP contribution in [0.1, 0.15) is 35.4 Å². The van der Waals surface area contributed by atoms with Crippen molar-refractivity contribution in [2.75, 3.05) is 5.32 Å². The Kier molecular flexibility index (Phi) is 3.62. The van der Waals surface area contributed by atoms with Gasteiger partial charge in [-0.1, -0.05) is 36.4 Å². The van der Waals surface area contributed by atoms with Gasteiger partial charge in [0.1, 0.15) is 0 Å². The molecule has 0 aromatic heterocycles. The van der Waals surface area contributed by atoms with Gasteiger partial charge in [0.25, 0.3) is 0 Å². The van der Waals surface area contributed by atoms with Gasteiger partial charge in [0.05, 0.1) is 5.56 Å². The Bertz CT molecular complexity index is 613. The van der Waals surface area contributed by atoms with E-state index >= 15 is 0 Å². The van der Waals surface area contributed by atoms with Crippen LogP contribution in [0.5, 0.6) is 0 Å². The zero-order chi connectivity index (χ0) is 14.9. The Morgan fingerprint density at radius 1 is 0.952 bits per heavy atom. The van der Waals surface area contributed by atoms with Crippen molar-refractivity contribution in [1.29, 1.82) is 0 Å². The fourth-order valence-corrected chi connectivity index (χ4v) is 2.41. The number of para-hydroxylation sites is 1. The lowest BCUT2D eigenvalue weighted by Gasteiger charge is -2.14. The first-order chi connectivity index (χ1) is 10.0. The molecule has 110 valence electrons. The zero-order valence-electron chi connectivity index (χ0n) is 11.5. The summed E-state index contributed by atoms with van der Waals surface area (Å²) in [5.74, 6) is 0.693. The van der Waals surface area contributed by atoms with E-state index in [2.05, 4.69) is 17.4 Å². The summed E-state index contributed by atoms with van der Waals surface area (Å²) in [6.07, 6.45) is -1.84. The molecule has 0 aliphatic heterocycles. The molecule has 21 heavy (non-hydrogen) atoms. The van der Waals surface area contributed by atoms with Gasteiger partial charge in [-0.2, -0.15) is 13.2 Å². The smallest absolute Gasteiger partial charge is 0.380 e. The molecule has 0 atom stereocenters. The van der Waals surface area contributed by atoms with Gasteiger partial charge < -0.3 is 5.32 Å². The van der Waals surface area contributed by atoms with Crippen molar-refractivity contribution in [2.24, 2.45) is 0 Å². The molecular formula is C17H16F3N. The molecule has 1 aliphatic rings. The van der Waals surface area contributed by atoms with Crippen molar-refractivity contribution in [3.63, 3.8) is 0 Å². The number of halogens is 3. The molecule has 0 unspecified atom stereocenters. The maximum absolute atomic E-state index is 12.9. The van der Waals surface area contributed by atoms with Crippen molar-refractivity contribution >= 4 is 5.69 Å². The van der Waals surface area contributed by atoms with E-state index < -0.39 is 11.7 Å². The van der Waals surface area contributed by atoms with Gasteiger partial charge in [-0.05, 0) is 42.0 Å². The molecule has 4 heteroatoms. The molecule has 2 aromatic carbocycles. The van der Waals surface area contributed by atoms with Gasteiger partial charge >= 0.3 is 6.18 Å². The number of nitrogens with one attached hydrogen (secondary N) is 1. The van der Waals surface area contributed by atoms with E-state index in [0.29, 0.717) is 12.5 Å². The van der Waals surface area contributed by atoms with Gasteiger partial charge in [0, 0.05) is 12.2 Å². The maximum atomic E-state index is 12.9. The summed E-state index contributed by atoms with van der Waals surface area (Å²) in [5.41, 5.74) is 1.81. The molecule has 1 saturated carbocycles. The third kappa shape index (κ3) is 3.38. The van der Waals surface area contributed by atoms with E-state index in [9.17, 15) is 13.2 Å². The van der Waals surface area contributed by atoms with Crippen LogP contribution in [-0.2, 0) is 12.7 Å². The fraction of sp³-hybridized carbons (Fsp3) is 0.294. The van der Waals surface area contributed by atoms with Crippen molar-refractivity contribution < 1.29 is 13.2 Å². The molecule has 0 bridgehead atoms. The lowest BCUT2D eigenvalue weighted by Crippen LogP contribution is -2.10. The molecule has 1 N–H and O–H groups in total. The first kappa shape index (κ1) is 14.0. The SMILES string of the molecule is FC(F)(F)c1ccccc1NCc1ccc(C2CC2)cc1. The quantitative estimate of drug-likeness (QED) is 0.817. The van der Waals surface area contributed by atoms with Crippen molar-refractivity contribution in [3.8, 4) is 0 Å². The summed E-state index contributed by atoms with van der Waals surface area (Å²) in [6.45, 7) is 0.387. The fourth-order valence-electron chi connectivity index (χ4n) is 2.41. The first-order valence-electron chi connectivity index (χ1n) is 7.03. The average molecular weight is 291 g/mol. The molecule has 0 spiro atoms. The molecule has 1 aliphatic carbocycles. The minimum absolute atomic E-state index is 0.122. The summed E-state index contributed by atoms with van der Waals surface area (Å²) >= 11 is 0. The molecule has 1 fully saturated rings. The third-order valence-corrected chi connectivity index (χ3v) is 3.74. The van der Waals surface area contributed by atoms with E-state index in [1.54, 1.807) is 6.07 Å². The Balaban J connectivity index is 1.70. The van der Waals surface area contributed by atoms with E-state index in [1.807, 2.05) is 12.1 Å². The summed E-state index contributed by atoms with van der Waals surface area (Å²) < 4.78 is 38.6. The number of hydrogen-bond acceptors (Lipinski definition) is 1. The van der Waals surface area contributed by atoms with E-state index in [1.165, 1.54) is 30.5 Å². The average Bonchev–Trinajstić information content (AvgIpc) is 3.30. The molecule has 2 aromatic rings. The van der Waals surface area contributed by atoms with Gasteiger partial charge in [0.2, 0.25) is 0 Å². The predicted octanol–water partition coefficient (Wildman–Crippen LogP) is 5.19. The van der Waals surface area contributed by atoms with Crippen molar-refractivity contribution in [2.45, 2.75) is 31.5 Å². The standard InChI is InChI=1S/C17H16F3N/c18-17(19,20)15-3-1-2-4-16(15)21-11-12-5-7-13(8-6-12)14-9-10-14/h1-8,14,21H,9-11H2. The first-order valence-corrected chi connectivity index (χ1v) is 7.03. The molecular weight excluding hydrogens is 275 g/mol. The van der Waals surface area contributed by atoms with Crippen LogP contribution in [0.2, 0.25) is 0 Å². The molecule has 0 saturated heterocycles. The minimum atomic E-state index is -4.33. The lowest BCUT2D eigenvalue weighted by atomic mass is 10.1. The minimum Gasteiger partial charge on any atom is -0.380 e. The second-order valence-corrected chi connectivity index (χ2v) is 5.41.